The molecule has 5 heteroatoms. The molecule has 0 heterocycles. The number of ketones is 1. The van der Waals surface area contributed by atoms with E-state index in [9.17, 15) is 19.8 Å². The van der Waals surface area contributed by atoms with Gasteiger partial charge in [0.1, 0.15) is 5.78 Å². The van der Waals surface area contributed by atoms with Crippen molar-refractivity contribution in [3.05, 3.63) is 11.1 Å². The summed E-state index contributed by atoms with van der Waals surface area (Å²) in [6, 6.07) is 0. The Bertz CT molecular complexity index is 467. The number of fused-ring (bicyclic) bond motifs is 1. The predicted molar refractivity (Wildman–Crippen MR) is 71.9 cm³/mol. The van der Waals surface area contributed by atoms with E-state index < -0.39 is 24.1 Å². The van der Waals surface area contributed by atoms with Gasteiger partial charge in [0.15, 0.2) is 0 Å². The topological polar surface area (TPSA) is 94.8 Å². The minimum Gasteiger partial charge on any atom is -0.481 e. The molecule has 0 aliphatic heterocycles. The highest BCUT2D eigenvalue weighted by Gasteiger charge is 2.52. The van der Waals surface area contributed by atoms with Crippen molar-refractivity contribution in [2.24, 2.45) is 23.7 Å². The molecule has 0 aromatic heterocycles. The van der Waals surface area contributed by atoms with Crippen molar-refractivity contribution in [3.63, 3.8) is 0 Å². The van der Waals surface area contributed by atoms with E-state index in [0.29, 0.717) is 6.42 Å². The first-order chi connectivity index (χ1) is 9.25. The lowest BCUT2D eigenvalue weighted by Crippen LogP contribution is -2.52. The van der Waals surface area contributed by atoms with E-state index >= 15 is 0 Å². The van der Waals surface area contributed by atoms with Gasteiger partial charge in [0.2, 0.25) is 0 Å². The van der Waals surface area contributed by atoms with Crippen LogP contribution in [0.15, 0.2) is 11.1 Å². The fourth-order valence-corrected chi connectivity index (χ4v) is 4.03. The number of hydrogen-bond donors (Lipinski definition) is 3. The summed E-state index contributed by atoms with van der Waals surface area (Å²) in [4.78, 5) is 22.8. The van der Waals surface area contributed by atoms with Crippen molar-refractivity contribution in [2.75, 3.05) is 0 Å². The molecule has 6 atom stereocenters. The lowest BCUT2D eigenvalue weighted by Gasteiger charge is -2.44. The van der Waals surface area contributed by atoms with Crippen LogP contribution in [0.1, 0.15) is 33.6 Å². The molecule has 1 saturated carbocycles. The normalized spacial score (nSPS) is 40.6. The van der Waals surface area contributed by atoms with Gasteiger partial charge in [0.05, 0.1) is 18.6 Å². The molecule has 0 amide bonds. The molecule has 1 fully saturated rings. The quantitative estimate of drug-likeness (QED) is 0.671. The molecule has 0 radical (unpaired) electrons. The molecule has 0 bridgehead atoms. The van der Waals surface area contributed by atoms with Crippen LogP contribution in [0.5, 0.6) is 0 Å². The summed E-state index contributed by atoms with van der Waals surface area (Å²) in [5.41, 5.74) is 1.68. The third kappa shape index (κ3) is 2.29. The zero-order chi connectivity index (χ0) is 15.2. The second-order valence-corrected chi connectivity index (χ2v) is 6.23. The fourth-order valence-electron chi connectivity index (χ4n) is 4.03. The second-order valence-electron chi connectivity index (χ2n) is 6.23. The van der Waals surface area contributed by atoms with Crippen molar-refractivity contribution in [1.82, 2.24) is 0 Å². The highest BCUT2D eigenvalue weighted by Crippen LogP contribution is 2.51. The molecule has 2 rings (SSSR count). The maximum absolute atomic E-state index is 11.9. The van der Waals surface area contributed by atoms with Crippen LogP contribution in [-0.4, -0.2) is 39.3 Å². The van der Waals surface area contributed by atoms with Gasteiger partial charge in [-0.2, -0.15) is 0 Å². The van der Waals surface area contributed by atoms with Crippen molar-refractivity contribution in [2.45, 2.75) is 45.8 Å². The molecule has 2 aliphatic carbocycles. The number of Topliss-reactive ketones (excluding diaryl/α,β-unsaturated/α-hetero) is 1. The van der Waals surface area contributed by atoms with Gasteiger partial charge in [-0.15, -0.1) is 0 Å². The van der Waals surface area contributed by atoms with Crippen LogP contribution in [0.25, 0.3) is 0 Å². The number of carbonyl (C=O) groups excluding carboxylic acids is 1. The predicted octanol–water partition coefficient (Wildman–Crippen LogP) is 0.990. The van der Waals surface area contributed by atoms with Crippen molar-refractivity contribution < 1.29 is 24.9 Å². The zero-order valence-electron chi connectivity index (χ0n) is 12.0. The van der Waals surface area contributed by atoms with Crippen molar-refractivity contribution in [3.8, 4) is 0 Å². The van der Waals surface area contributed by atoms with Crippen LogP contribution < -0.4 is 0 Å². The van der Waals surface area contributed by atoms with Gasteiger partial charge in [-0.05, 0) is 26.2 Å². The standard InChI is InChI=1S/C15H22O5/c1-6-9(5-11(17)18)4-10-12(6)14(19)7(2)15(20)13(10)8(3)16/h7,10,12-15,19-20H,4-5H2,1-3H3,(H,17,18). The van der Waals surface area contributed by atoms with Gasteiger partial charge in [0, 0.05) is 17.8 Å². The van der Waals surface area contributed by atoms with E-state index in [1.807, 2.05) is 6.92 Å². The zero-order valence-corrected chi connectivity index (χ0v) is 12.0. The summed E-state index contributed by atoms with van der Waals surface area (Å²) in [6.45, 7) is 5.04. The second kappa shape index (κ2) is 5.30. The third-order valence-electron chi connectivity index (χ3n) is 5.11. The molecule has 6 unspecified atom stereocenters. The minimum atomic E-state index is -0.902. The maximum Gasteiger partial charge on any atom is 0.307 e. The van der Waals surface area contributed by atoms with E-state index in [2.05, 4.69) is 0 Å². The maximum atomic E-state index is 11.9. The summed E-state index contributed by atoms with van der Waals surface area (Å²) >= 11 is 0. The first-order valence-electron chi connectivity index (χ1n) is 7.02. The Morgan fingerprint density at radius 3 is 2.35 bits per heavy atom. The van der Waals surface area contributed by atoms with Gasteiger partial charge in [-0.1, -0.05) is 18.1 Å². The number of carboxylic acid groups (broad SMARTS) is 1. The highest BCUT2D eigenvalue weighted by molar-refractivity contribution is 5.80. The summed E-state index contributed by atoms with van der Waals surface area (Å²) < 4.78 is 0. The van der Waals surface area contributed by atoms with Crippen molar-refractivity contribution in [1.29, 1.82) is 0 Å². The van der Waals surface area contributed by atoms with Crippen LogP contribution in [0, 0.1) is 23.7 Å². The highest BCUT2D eigenvalue weighted by atomic mass is 16.4. The number of hydrogen-bond acceptors (Lipinski definition) is 4. The van der Waals surface area contributed by atoms with E-state index in [1.54, 1.807) is 6.92 Å². The van der Waals surface area contributed by atoms with Crippen LogP contribution in [0.3, 0.4) is 0 Å². The molecule has 3 N–H and O–H groups in total. The van der Waals surface area contributed by atoms with E-state index in [0.717, 1.165) is 11.1 Å². The average Bonchev–Trinajstić information content (AvgIpc) is 2.63. The number of rotatable bonds is 3. The Morgan fingerprint density at radius 2 is 1.85 bits per heavy atom. The number of aliphatic hydroxyl groups excluding tert-OH is 2. The van der Waals surface area contributed by atoms with Crippen LogP contribution in [0.4, 0.5) is 0 Å². The molecule has 20 heavy (non-hydrogen) atoms. The van der Waals surface area contributed by atoms with Gasteiger partial charge in [0.25, 0.3) is 0 Å². The van der Waals surface area contributed by atoms with Crippen LogP contribution in [0.2, 0.25) is 0 Å². The monoisotopic (exact) mass is 282 g/mol. The van der Waals surface area contributed by atoms with E-state index in [1.165, 1.54) is 6.92 Å². The Kier molecular flexibility index (Phi) is 4.02. The van der Waals surface area contributed by atoms with Crippen LogP contribution in [-0.2, 0) is 9.59 Å². The first-order valence-corrected chi connectivity index (χ1v) is 7.02. The Labute approximate surface area is 118 Å². The molecular weight excluding hydrogens is 260 g/mol. The summed E-state index contributed by atoms with van der Waals surface area (Å²) in [5.74, 6) is -2.28. The molecule has 112 valence electrons. The lowest BCUT2D eigenvalue weighted by molar-refractivity contribution is -0.142. The number of carboxylic acids is 1. The lowest BCUT2D eigenvalue weighted by atomic mass is 9.63. The number of carbonyl (C=O) groups is 2. The molecule has 5 nitrogen and oxygen atoms in total. The Hall–Kier alpha value is -1.20. The SMILES string of the molecule is CC(=O)C1C(O)C(C)C(O)C2C(C)=C(CC(=O)O)CC12. The minimum absolute atomic E-state index is 0.0549. The van der Waals surface area contributed by atoms with Gasteiger partial charge in [-0.3, -0.25) is 9.59 Å². The summed E-state index contributed by atoms with van der Waals surface area (Å²) in [6.07, 6.45) is -1.16. The van der Waals surface area contributed by atoms with E-state index in [-0.39, 0.29) is 30.0 Å². The fraction of sp³-hybridized carbons (Fsp3) is 0.733. The van der Waals surface area contributed by atoms with E-state index in [4.69, 9.17) is 5.11 Å². The smallest absolute Gasteiger partial charge is 0.307 e. The Balaban J connectivity index is 2.36. The van der Waals surface area contributed by atoms with Gasteiger partial charge >= 0.3 is 5.97 Å². The largest absolute Gasteiger partial charge is 0.481 e. The molecule has 0 aromatic rings. The molecule has 0 saturated heterocycles. The van der Waals surface area contributed by atoms with Gasteiger partial charge in [-0.25, -0.2) is 0 Å². The average molecular weight is 282 g/mol. The Morgan fingerprint density at radius 1 is 1.25 bits per heavy atom. The summed E-state index contributed by atoms with van der Waals surface area (Å²) in [5, 5.41) is 29.6. The van der Waals surface area contributed by atoms with Crippen molar-refractivity contribution >= 4 is 11.8 Å². The number of aliphatic hydroxyl groups is 2. The molecule has 2 aliphatic rings. The summed E-state index contributed by atoms with van der Waals surface area (Å²) in [7, 11) is 0. The molecule has 0 aromatic carbocycles. The van der Waals surface area contributed by atoms with Gasteiger partial charge < -0.3 is 15.3 Å². The van der Waals surface area contributed by atoms with Crippen LogP contribution >= 0.6 is 0 Å². The molecule has 0 spiro atoms. The first kappa shape index (κ1) is 15.2. The third-order valence-corrected chi connectivity index (χ3v) is 5.11. The molecular formula is C15H22O5. The number of aliphatic carboxylic acids is 1.